The van der Waals surface area contributed by atoms with Crippen molar-refractivity contribution in [2.24, 2.45) is 5.92 Å². The van der Waals surface area contributed by atoms with Gasteiger partial charge in [0, 0.05) is 27.2 Å². The number of aliphatic hydroxyl groups excluding tert-OH is 1. The summed E-state index contributed by atoms with van der Waals surface area (Å²) in [5, 5.41) is 22.4. The van der Waals surface area contributed by atoms with E-state index in [1.165, 1.54) is 0 Å². The number of thioether (sulfide) groups is 1. The monoisotopic (exact) mass is 517 g/mol. The fourth-order valence-corrected chi connectivity index (χ4v) is 4.25. The highest BCUT2D eigenvalue weighted by atomic mass is 79.9. The van der Waals surface area contributed by atoms with Crippen molar-refractivity contribution in [2.75, 3.05) is 18.2 Å². The number of phenolic OH excluding ortho intramolecular Hbond substituents is 1. The Labute approximate surface area is 179 Å². The minimum absolute atomic E-state index is 0.00473. The Morgan fingerprint density at radius 3 is 2.52 bits per heavy atom. The molecule has 2 aromatic carbocycles. The Hall–Kier alpha value is -1.22. The summed E-state index contributed by atoms with van der Waals surface area (Å²) in [5.74, 6) is -0.197. The largest absolute Gasteiger partial charge is 0.506 e. The van der Waals surface area contributed by atoms with Crippen LogP contribution in [0.25, 0.3) is 0 Å². The summed E-state index contributed by atoms with van der Waals surface area (Å²) in [6.45, 7) is 1.81. The molecular formula is C19H21Br2NO4S. The van der Waals surface area contributed by atoms with E-state index in [1.54, 1.807) is 36.0 Å². The van der Waals surface area contributed by atoms with Crippen LogP contribution >= 0.6 is 43.6 Å². The van der Waals surface area contributed by atoms with Gasteiger partial charge >= 0.3 is 6.09 Å². The van der Waals surface area contributed by atoms with Crippen molar-refractivity contribution in [3.63, 3.8) is 0 Å². The van der Waals surface area contributed by atoms with Gasteiger partial charge in [-0.25, -0.2) is 4.79 Å². The lowest BCUT2D eigenvalue weighted by Gasteiger charge is -2.25. The zero-order valence-electron chi connectivity index (χ0n) is 14.9. The van der Waals surface area contributed by atoms with Gasteiger partial charge < -0.3 is 14.9 Å². The summed E-state index contributed by atoms with van der Waals surface area (Å²) in [4.78, 5) is 13.5. The van der Waals surface area contributed by atoms with Gasteiger partial charge in [0.05, 0.1) is 4.47 Å². The first-order valence-corrected chi connectivity index (χ1v) is 11.1. The fraction of sp³-hybridized carbons (Fsp3) is 0.316. The lowest BCUT2D eigenvalue weighted by atomic mass is 9.94. The number of hydrogen-bond donors (Lipinski definition) is 3. The highest BCUT2D eigenvalue weighted by Gasteiger charge is 2.27. The molecule has 0 saturated heterocycles. The van der Waals surface area contributed by atoms with Crippen LogP contribution in [0.4, 0.5) is 10.5 Å². The minimum Gasteiger partial charge on any atom is -0.506 e. The number of aliphatic hydroxyl groups is 1. The maximum absolute atomic E-state index is 12.4. The van der Waals surface area contributed by atoms with Crippen molar-refractivity contribution < 1.29 is 19.7 Å². The average molecular weight is 519 g/mol. The van der Waals surface area contributed by atoms with Crippen LogP contribution < -0.4 is 5.32 Å². The molecule has 2 aromatic rings. The molecule has 2 atom stereocenters. The van der Waals surface area contributed by atoms with E-state index in [0.29, 0.717) is 22.1 Å². The topological polar surface area (TPSA) is 78.8 Å². The molecule has 8 heteroatoms. The number of ether oxygens (including phenoxy) is 1. The number of halogens is 2. The molecule has 0 saturated carbocycles. The second kappa shape index (κ2) is 10.4. The van der Waals surface area contributed by atoms with Gasteiger partial charge in [-0.05, 0) is 70.9 Å². The predicted molar refractivity (Wildman–Crippen MR) is 115 cm³/mol. The molecule has 0 aliphatic heterocycles. The van der Waals surface area contributed by atoms with Crippen molar-refractivity contribution in [3.05, 3.63) is 50.9 Å². The van der Waals surface area contributed by atoms with Crippen molar-refractivity contribution in [1.29, 1.82) is 0 Å². The molecule has 146 valence electrons. The number of amides is 1. The molecule has 0 radical (unpaired) electrons. The maximum atomic E-state index is 12.4. The van der Waals surface area contributed by atoms with Gasteiger partial charge in [0.15, 0.2) is 0 Å². The van der Waals surface area contributed by atoms with Gasteiger partial charge in [0.25, 0.3) is 0 Å². The lowest BCUT2D eigenvalue weighted by molar-refractivity contribution is 0.0651. The molecule has 0 aromatic heterocycles. The van der Waals surface area contributed by atoms with Crippen molar-refractivity contribution in [1.82, 2.24) is 0 Å². The molecule has 0 fully saturated rings. The van der Waals surface area contributed by atoms with E-state index in [2.05, 4.69) is 37.2 Å². The first-order chi connectivity index (χ1) is 12.8. The summed E-state index contributed by atoms with van der Waals surface area (Å²) in [5.41, 5.74) is 1.08. The molecule has 3 N–H and O–H groups in total. The van der Waals surface area contributed by atoms with Crippen LogP contribution in [0.5, 0.6) is 5.75 Å². The third-order valence-corrected chi connectivity index (χ3v) is 5.84. The number of carbonyl (C=O) groups excluding carboxylic acids is 1. The quantitative estimate of drug-likeness (QED) is 0.395. The Bertz CT molecular complexity index is 786. The van der Waals surface area contributed by atoms with E-state index >= 15 is 0 Å². The van der Waals surface area contributed by atoms with E-state index < -0.39 is 12.2 Å². The molecule has 0 aliphatic carbocycles. The molecule has 0 unspecified atom stereocenters. The Morgan fingerprint density at radius 1 is 1.26 bits per heavy atom. The number of nitrogens with one attached hydrogen (secondary N) is 1. The third-order valence-electron chi connectivity index (χ3n) is 4.04. The van der Waals surface area contributed by atoms with Gasteiger partial charge in [0.1, 0.15) is 11.9 Å². The van der Waals surface area contributed by atoms with E-state index in [4.69, 9.17) is 4.74 Å². The summed E-state index contributed by atoms with van der Waals surface area (Å²) in [7, 11) is 0. The zero-order chi connectivity index (χ0) is 20.0. The molecular weight excluding hydrogens is 498 g/mol. The van der Waals surface area contributed by atoms with Gasteiger partial charge in [-0.2, -0.15) is 0 Å². The standard InChI is InChI=1S/C19H21Br2NO4S/c1-11(7-8-23)18(15-9-12(20)10-16(21)17(15)24)26-19(25)22-13-3-5-14(27-2)6-4-13/h3-6,9-11,18,23-24H,7-8H2,1-2H3,(H,22,25)/t11-,18+/m1/s1. The van der Waals surface area contributed by atoms with E-state index in [9.17, 15) is 15.0 Å². The van der Waals surface area contributed by atoms with Crippen molar-refractivity contribution >= 4 is 55.4 Å². The van der Waals surface area contributed by atoms with Crippen LogP contribution in [-0.4, -0.2) is 29.2 Å². The molecule has 0 heterocycles. The molecule has 27 heavy (non-hydrogen) atoms. The summed E-state index contributed by atoms with van der Waals surface area (Å²) in [6.07, 6.45) is 1.05. The number of benzene rings is 2. The first kappa shape index (κ1) is 22.1. The van der Waals surface area contributed by atoms with Crippen LogP contribution in [0.2, 0.25) is 0 Å². The molecule has 0 aliphatic rings. The lowest BCUT2D eigenvalue weighted by Crippen LogP contribution is -2.22. The van der Waals surface area contributed by atoms with Crippen molar-refractivity contribution in [2.45, 2.75) is 24.3 Å². The minimum atomic E-state index is -0.726. The van der Waals surface area contributed by atoms with Crippen LogP contribution in [0, 0.1) is 5.92 Å². The molecule has 5 nitrogen and oxygen atoms in total. The first-order valence-electron chi connectivity index (χ1n) is 8.26. The fourth-order valence-electron chi connectivity index (χ4n) is 2.58. The second-order valence-corrected chi connectivity index (χ2v) is 8.64. The van der Waals surface area contributed by atoms with Crippen LogP contribution in [0.15, 0.2) is 50.2 Å². The third kappa shape index (κ3) is 6.14. The number of phenols is 1. The van der Waals surface area contributed by atoms with Crippen molar-refractivity contribution in [3.8, 4) is 5.75 Å². The number of anilines is 1. The number of carbonyl (C=O) groups is 1. The van der Waals surface area contributed by atoms with Crippen LogP contribution in [0.1, 0.15) is 25.0 Å². The Kier molecular flexibility index (Phi) is 8.47. The van der Waals surface area contributed by atoms with E-state index in [1.807, 2.05) is 25.3 Å². The Balaban J connectivity index is 2.22. The summed E-state index contributed by atoms with van der Waals surface area (Å²) < 4.78 is 6.86. The summed E-state index contributed by atoms with van der Waals surface area (Å²) in [6, 6.07) is 10.8. The van der Waals surface area contributed by atoms with Crippen LogP contribution in [-0.2, 0) is 4.74 Å². The van der Waals surface area contributed by atoms with Crippen LogP contribution in [0.3, 0.4) is 0 Å². The van der Waals surface area contributed by atoms with Gasteiger partial charge in [-0.15, -0.1) is 11.8 Å². The number of rotatable bonds is 7. The molecule has 0 bridgehead atoms. The van der Waals surface area contributed by atoms with Gasteiger partial charge in [0.2, 0.25) is 0 Å². The highest BCUT2D eigenvalue weighted by molar-refractivity contribution is 9.11. The average Bonchev–Trinajstić information content (AvgIpc) is 2.63. The van der Waals surface area contributed by atoms with Gasteiger partial charge in [-0.3, -0.25) is 5.32 Å². The number of hydrogen-bond acceptors (Lipinski definition) is 5. The Morgan fingerprint density at radius 2 is 1.93 bits per heavy atom. The smallest absolute Gasteiger partial charge is 0.412 e. The molecule has 2 rings (SSSR count). The highest BCUT2D eigenvalue weighted by Crippen LogP contribution is 2.40. The SMILES string of the molecule is CSc1ccc(NC(=O)O[C@H](c2cc(Br)cc(Br)c2O)[C@H](C)CCO)cc1. The number of aromatic hydroxyl groups is 1. The molecule has 1 amide bonds. The second-order valence-electron chi connectivity index (χ2n) is 5.99. The summed E-state index contributed by atoms with van der Waals surface area (Å²) >= 11 is 8.30. The van der Waals surface area contributed by atoms with E-state index in [-0.39, 0.29) is 18.3 Å². The van der Waals surface area contributed by atoms with Gasteiger partial charge in [-0.1, -0.05) is 22.9 Å². The predicted octanol–water partition coefficient (Wildman–Crippen LogP) is 5.95. The van der Waals surface area contributed by atoms with E-state index in [0.717, 1.165) is 9.37 Å². The maximum Gasteiger partial charge on any atom is 0.412 e. The normalized spacial score (nSPS) is 13.1. The molecule has 0 spiro atoms. The zero-order valence-corrected chi connectivity index (χ0v) is 18.9.